The van der Waals surface area contributed by atoms with Crippen molar-refractivity contribution < 1.29 is 9.53 Å². The van der Waals surface area contributed by atoms with Crippen molar-refractivity contribution in [2.75, 3.05) is 6.61 Å². The van der Waals surface area contributed by atoms with Gasteiger partial charge in [0, 0.05) is 0 Å². The Balaban J connectivity index is 2.33. The van der Waals surface area contributed by atoms with Crippen molar-refractivity contribution in [1.82, 2.24) is 0 Å². The number of hydrogen-bond acceptors (Lipinski definition) is 3. The summed E-state index contributed by atoms with van der Waals surface area (Å²) in [5.41, 5.74) is 6.60. The van der Waals surface area contributed by atoms with Gasteiger partial charge in [0.25, 0.3) is 0 Å². The van der Waals surface area contributed by atoms with E-state index in [0.717, 1.165) is 18.4 Å². The average molecular weight is 235 g/mol. The second-order valence-electron chi connectivity index (χ2n) is 4.59. The fourth-order valence-electron chi connectivity index (χ4n) is 1.55. The zero-order valence-electron chi connectivity index (χ0n) is 10.6. The predicted octanol–water partition coefficient (Wildman–Crippen LogP) is 2.67. The Morgan fingerprint density at radius 2 is 1.94 bits per heavy atom. The molecule has 0 heterocycles. The number of carbonyl (C=O) groups is 1. The van der Waals surface area contributed by atoms with Gasteiger partial charge in [0.05, 0.1) is 6.61 Å². The Morgan fingerprint density at radius 1 is 1.29 bits per heavy atom. The van der Waals surface area contributed by atoms with Crippen molar-refractivity contribution in [2.45, 2.75) is 32.7 Å². The zero-order chi connectivity index (χ0) is 12.7. The van der Waals surface area contributed by atoms with Gasteiger partial charge in [-0.15, -0.1) is 0 Å². The van der Waals surface area contributed by atoms with Gasteiger partial charge < -0.3 is 10.5 Å². The van der Waals surface area contributed by atoms with Crippen LogP contribution in [0.5, 0.6) is 0 Å². The van der Waals surface area contributed by atoms with Crippen molar-refractivity contribution >= 4 is 5.97 Å². The van der Waals surface area contributed by atoms with Gasteiger partial charge in [-0.25, -0.2) is 4.79 Å². The Kier molecular flexibility index (Phi) is 5.70. The van der Waals surface area contributed by atoms with E-state index in [-0.39, 0.29) is 5.97 Å². The first-order valence-corrected chi connectivity index (χ1v) is 6.08. The van der Waals surface area contributed by atoms with Crippen molar-refractivity contribution in [1.29, 1.82) is 0 Å². The van der Waals surface area contributed by atoms with Gasteiger partial charge in [-0.3, -0.25) is 0 Å². The molecule has 0 radical (unpaired) electrons. The van der Waals surface area contributed by atoms with Gasteiger partial charge in [0.1, 0.15) is 6.04 Å². The van der Waals surface area contributed by atoms with Crippen molar-refractivity contribution in [2.24, 2.45) is 11.7 Å². The summed E-state index contributed by atoms with van der Waals surface area (Å²) in [4.78, 5) is 11.6. The monoisotopic (exact) mass is 235 g/mol. The highest BCUT2D eigenvalue weighted by atomic mass is 16.5. The van der Waals surface area contributed by atoms with Crippen LogP contribution in [0, 0.1) is 5.92 Å². The maximum atomic E-state index is 11.6. The Hall–Kier alpha value is -1.35. The third-order valence-corrected chi connectivity index (χ3v) is 2.58. The molecule has 0 saturated carbocycles. The molecule has 3 nitrogen and oxygen atoms in total. The van der Waals surface area contributed by atoms with E-state index in [1.807, 2.05) is 30.3 Å². The van der Waals surface area contributed by atoms with E-state index in [2.05, 4.69) is 13.8 Å². The summed E-state index contributed by atoms with van der Waals surface area (Å²) in [6.07, 6.45) is 1.96. The van der Waals surface area contributed by atoms with E-state index in [9.17, 15) is 4.79 Å². The molecule has 0 amide bonds. The number of nitrogens with two attached hydrogens (primary N) is 1. The number of benzene rings is 1. The van der Waals surface area contributed by atoms with Crippen LogP contribution in [-0.2, 0) is 9.53 Å². The number of hydrogen-bond donors (Lipinski definition) is 1. The van der Waals surface area contributed by atoms with Crippen LogP contribution in [0.25, 0.3) is 0 Å². The minimum atomic E-state index is -0.671. The van der Waals surface area contributed by atoms with Crippen LogP contribution in [0.1, 0.15) is 38.3 Å². The maximum Gasteiger partial charge on any atom is 0.327 e. The van der Waals surface area contributed by atoms with E-state index in [1.165, 1.54) is 0 Å². The molecule has 1 aromatic carbocycles. The van der Waals surface area contributed by atoms with Gasteiger partial charge in [0.15, 0.2) is 0 Å². The van der Waals surface area contributed by atoms with Gasteiger partial charge in [-0.2, -0.15) is 0 Å². The summed E-state index contributed by atoms with van der Waals surface area (Å²) < 4.78 is 5.14. The minimum Gasteiger partial charge on any atom is -0.464 e. The molecule has 0 aliphatic rings. The van der Waals surface area contributed by atoms with Crippen molar-refractivity contribution in [3.63, 3.8) is 0 Å². The molecular formula is C14H21NO2. The van der Waals surface area contributed by atoms with Gasteiger partial charge >= 0.3 is 5.97 Å². The highest BCUT2D eigenvalue weighted by Crippen LogP contribution is 2.11. The molecule has 0 aromatic heterocycles. The maximum absolute atomic E-state index is 11.6. The number of rotatable bonds is 6. The van der Waals surface area contributed by atoms with Gasteiger partial charge in [-0.05, 0) is 24.3 Å². The average Bonchev–Trinajstić information content (AvgIpc) is 2.34. The first-order chi connectivity index (χ1) is 8.11. The molecule has 0 aliphatic heterocycles. The van der Waals surface area contributed by atoms with Crippen LogP contribution in [0.2, 0.25) is 0 Å². The summed E-state index contributed by atoms with van der Waals surface area (Å²) >= 11 is 0. The van der Waals surface area contributed by atoms with Crippen LogP contribution in [0.15, 0.2) is 30.3 Å². The van der Waals surface area contributed by atoms with Crippen LogP contribution in [0.3, 0.4) is 0 Å². The largest absolute Gasteiger partial charge is 0.464 e. The molecule has 0 spiro atoms. The molecule has 0 aliphatic carbocycles. The SMILES string of the molecule is CC(C)CCCOC(=O)[C@@H](N)c1ccccc1. The summed E-state index contributed by atoms with van der Waals surface area (Å²) in [5, 5.41) is 0. The molecule has 0 unspecified atom stereocenters. The third kappa shape index (κ3) is 5.00. The Bertz CT molecular complexity index is 335. The molecular weight excluding hydrogens is 214 g/mol. The second kappa shape index (κ2) is 7.07. The normalized spacial score (nSPS) is 12.5. The standard InChI is InChI=1S/C14H21NO2/c1-11(2)7-6-10-17-14(16)13(15)12-8-4-3-5-9-12/h3-5,8-9,11,13H,6-7,10,15H2,1-2H3/t13-/m0/s1. The van der Waals surface area contributed by atoms with Crippen LogP contribution in [-0.4, -0.2) is 12.6 Å². The molecule has 1 aromatic rings. The molecule has 0 fully saturated rings. The lowest BCUT2D eigenvalue weighted by molar-refractivity contribution is -0.145. The second-order valence-corrected chi connectivity index (χ2v) is 4.59. The molecule has 2 N–H and O–H groups in total. The smallest absolute Gasteiger partial charge is 0.327 e. The minimum absolute atomic E-state index is 0.347. The van der Waals surface area contributed by atoms with Gasteiger partial charge in [-0.1, -0.05) is 44.2 Å². The fraction of sp³-hybridized carbons (Fsp3) is 0.500. The first kappa shape index (κ1) is 13.7. The topological polar surface area (TPSA) is 52.3 Å². The summed E-state index contributed by atoms with van der Waals surface area (Å²) in [6, 6.07) is 8.61. The molecule has 0 bridgehead atoms. The molecule has 3 heteroatoms. The molecule has 94 valence electrons. The number of carbonyl (C=O) groups excluding carboxylic acids is 1. The predicted molar refractivity (Wildman–Crippen MR) is 68.4 cm³/mol. The van der Waals surface area contributed by atoms with Crippen LogP contribution < -0.4 is 5.73 Å². The number of ether oxygens (including phenoxy) is 1. The summed E-state index contributed by atoms with van der Waals surface area (Å²) in [7, 11) is 0. The molecule has 0 saturated heterocycles. The lowest BCUT2D eigenvalue weighted by atomic mass is 10.1. The lowest BCUT2D eigenvalue weighted by Crippen LogP contribution is -2.24. The van der Waals surface area contributed by atoms with Crippen molar-refractivity contribution in [3.8, 4) is 0 Å². The summed E-state index contributed by atoms with van der Waals surface area (Å²) in [6.45, 7) is 4.76. The molecule has 1 rings (SSSR count). The Labute approximate surface area is 103 Å². The van der Waals surface area contributed by atoms with E-state index in [4.69, 9.17) is 10.5 Å². The summed E-state index contributed by atoms with van der Waals surface area (Å²) in [5.74, 6) is 0.288. The van der Waals surface area contributed by atoms with E-state index >= 15 is 0 Å². The van der Waals surface area contributed by atoms with E-state index in [1.54, 1.807) is 0 Å². The highest BCUT2D eigenvalue weighted by molar-refractivity contribution is 5.77. The molecule has 17 heavy (non-hydrogen) atoms. The lowest BCUT2D eigenvalue weighted by Gasteiger charge is -2.12. The quantitative estimate of drug-likeness (QED) is 0.609. The van der Waals surface area contributed by atoms with Gasteiger partial charge in [0.2, 0.25) is 0 Å². The zero-order valence-corrected chi connectivity index (χ0v) is 10.6. The van der Waals surface area contributed by atoms with Crippen molar-refractivity contribution in [3.05, 3.63) is 35.9 Å². The fourth-order valence-corrected chi connectivity index (χ4v) is 1.55. The third-order valence-electron chi connectivity index (χ3n) is 2.58. The van der Waals surface area contributed by atoms with Crippen LogP contribution >= 0.6 is 0 Å². The number of esters is 1. The highest BCUT2D eigenvalue weighted by Gasteiger charge is 2.16. The molecule has 1 atom stereocenters. The van der Waals surface area contributed by atoms with Crippen LogP contribution in [0.4, 0.5) is 0 Å². The van der Waals surface area contributed by atoms with E-state index in [0.29, 0.717) is 12.5 Å². The van der Waals surface area contributed by atoms with E-state index < -0.39 is 6.04 Å². The first-order valence-electron chi connectivity index (χ1n) is 6.08. The Morgan fingerprint density at radius 3 is 2.53 bits per heavy atom.